The van der Waals surface area contributed by atoms with Gasteiger partial charge in [0.2, 0.25) is 0 Å². The maximum absolute atomic E-state index is 12.0. The summed E-state index contributed by atoms with van der Waals surface area (Å²) in [5, 5.41) is 11.0. The predicted molar refractivity (Wildman–Crippen MR) is 78.2 cm³/mol. The number of benzene rings is 1. The van der Waals surface area contributed by atoms with Gasteiger partial charge in [-0.3, -0.25) is 4.79 Å². The molecule has 0 aliphatic rings. The van der Waals surface area contributed by atoms with Crippen LogP contribution in [0.1, 0.15) is 40.7 Å². The van der Waals surface area contributed by atoms with E-state index in [9.17, 15) is 4.79 Å². The van der Waals surface area contributed by atoms with E-state index in [1.807, 2.05) is 45.9 Å². The quantitative estimate of drug-likeness (QED) is 0.929. The van der Waals surface area contributed by atoms with Gasteiger partial charge in [0, 0.05) is 6.54 Å². The van der Waals surface area contributed by atoms with Crippen LogP contribution in [0.5, 0.6) is 0 Å². The maximum Gasteiger partial charge on any atom is 0.273 e. The number of carbonyl (C=O) groups is 1. The van der Waals surface area contributed by atoms with Crippen molar-refractivity contribution in [1.82, 2.24) is 20.3 Å². The fourth-order valence-electron chi connectivity index (χ4n) is 2.21. The van der Waals surface area contributed by atoms with Crippen molar-refractivity contribution < 1.29 is 4.79 Å². The second kappa shape index (κ2) is 5.86. The Morgan fingerprint density at radius 1 is 1.25 bits per heavy atom. The molecule has 1 heterocycles. The van der Waals surface area contributed by atoms with Gasteiger partial charge >= 0.3 is 0 Å². The average Bonchev–Trinajstić information content (AvgIpc) is 2.78. The topological polar surface area (TPSA) is 59.8 Å². The Morgan fingerprint density at radius 2 is 1.90 bits per heavy atom. The maximum atomic E-state index is 12.0. The van der Waals surface area contributed by atoms with E-state index in [-0.39, 0.29) is 5.91 Å². The van der Waals surface area contributed by atoms with E-state index in [0.29, 0.717) is 12.2 Å². The summed E-state index contributed by atoms with van der Waals surface area (Å²) < 4.78 is 1.74. The van der Waals surface area contributed by atoms with Crippen molar-refractivity contribution in [3.8, 4) is 5.69 Å². The summed E-state index contributed by atoms with van der Waals surface area (Å²) in [6, 6.07) is 6.07. The lowest BCUT2D eigenvalue weighted by molar-refractivity contribution is 0.0948. The molecule has 106 valence electrons. The van der Waals surface area contributed by atoms with Gasteiger partial charge in [-0.25, -0.2) is 4.68 Å². The van der Waals surface area contributed by atoms with Crippen LogP contribution in [0.15, 0.2) is 18.2 Å². The molecular formula is C15H20N4O. The van der Waals surface area contributed by atoms with Crippen LogP contribution >= 0.6 is 0 Å². The van der Waals surface area contributed by atoms with Gasteiger partial charge in [0.25, 0.3) is 5.91 Å². The first kappa shape index (κ1) is 14.2. The fourth-order valence-corrected chi connectivity index (χ4v) is 2.21. The van der Waals surface area contributed by atoms with Crippen molar-refractivity contribution in [3.63, 3.8) is 0 Å². The number of rotatable bonds is 4. The molecular weight excluding hydrogens is 252 g/mol. The normalized spacial score (nSPS) is 10.6. The molecule has 1 aromatic heterocycles. The van der Waals surface area contributed by atoms with E-state index in [2.05, 4.69) is 15.6 Å². The highest BCUT2D eigenvalue weighted by molar-refractivity contribution is 5.93. The highest BCUT2D eigenvalue weighted by Gasteiger charge is 2.18. The van der Waals surface area contributed by atoms with Crippen molar-refractivity contribution in [1.29, 1.82) is 0 Å². The molecule has 1 N–H and O–H groups in total. The molecule has 2 aromatic rings. The molecule has 0 aliphatic carbocycles. The van der Waals surface area contributed by atoms with Gasteiger partial charge in [0.15, 0.2) is 5.69 Å². The third kappa shape index (κ3) is 2.57. The molecule has 5 nitrogen and oxygen atoms in total. The van der Waals surface area contributed by atoms with Crippen LogP contribution in [0.4, 0.5) is 0 Å². The minimum atomic E-state index is -0.165. The number of nitrogens with zero attached hydrogens (tertiary/aromatic N) is 3. The summed E-state index contributed by atoms with van der Waals surface area (Å²) in [5.74, 6) is -0.165. The monoisotopic (exact) mass is 272 g/mol. The number of carbonyl (C=O) groups excluding carboxylic acids is 1. The number of hydrogen-bond donors (Lipinski definition) is 1. The summed E-state index contributed by atoms with van der Waals surface area (Å²) in [7, 11) is 0. The van der Waals surface area contributed by atoms with E-state index >= 15 is 0 Å². The highest BCUT2D eigenvalue weighted by atomic mass is 16.2. The molecule has 1 amide bonds. The van der Waals surface area contributed by atoms with Crippen molar-refractivity contribution >= 4 is 5.91 Å². The molecule has 0 saturated heterocycles. The summed E-state index contributed by atoms with van der Waals surface area (Å²) in [4.78, 5) is 12.0. The Morgan fingerprint density at radius 3 is 2.50 bits per heavy atom. The number of aryl methyl sites for hydroxylation is 2. The molecule has 2 rings (SSSR count). The zero-order valence-corrected chi connectivity index (χ0v) is 12.4. The third-order valence-corrected chi connectivity index (χ3v) is 3.30. The van der Waals surface area contributed by atoms with Crippen LogP contribution in [-0.4, -0.2) is 27.4 Å². The van der Waals surface area contributed by atoms with Gasteiger partial charge < -0.3 is 5.32 Å². The van der Waals surface area contributed by atoms with Gasteiger partial charge in [0.1, 0.15) is 0 Å². The van der Waals surface area contributed by atoms with E-state index in [1.54, 1.807) is 4.68 Å². The van der Waals surface area contributed by atoms with Gasteiger partial charge in [-0.2, -0.15) is 0 Å². The van der Waals surface area contributed by atoms with Crippen molar-refractivity contribution in [2.45, 2.75) is 34.1 Å². The molecule has 1 aromatic carbocycles. The van der Waals surface area contributed by atoms with Gasteiger partial charge in [0.05, 0.1) is 11.4 Å². The van der Waals surface area contributed by atoms with Crippen molar-refractivity contribution in [2.24, 2.45) is 0 Å². The zero-order valence-electron chi connectivity index (χ0n) is 12.4. The van der Waals surface area contributed by atoms with Crippen LogP contribution in [-0.2, 0) is 0 Å². The summed E-state index contributed by atoms with van der Waals surface area (Å²) in [6.45, 7) is 8.59. The molecule has 0 bridgehead atoms. The lowest BCUT2D eigenvalue weighted by atomic mass is 10.1. The number of aromatic nitrogens is 3. The predicted octanol–water partition coefficient (Wildman–Crippen LogP) is 2.33. The highest BCUT2D eigenvalue weighted by Crippen LogP contribution is 2.20. The first-order valence-electron chi connectivity index (χ1n) is 6.83. The smallest absolute Gasteiger partial charge is 0.273 e. The molecule has 20 heavy (non-hydrogen) atoms. The fraction of sp³-hybridized carbons (Fsp3) is 0.400. The Labute approximate surface area is 119 Å². The third-order valence-electron chi connectivity index (χ3n) is 3.30. The minimum absolute atomic E-state index is 0.165. The van der Waals surface area contributed by atoms with E-state index in [0.717, 1.165) is 28.9 Å². The van der Waals surface area contributed by atoms with Gasteiger partial charge in [-0.15, -0.1) is 5.10 Å². The standard InChI is InChI=1S/C15H20N4O/c1-5-9-16-15(20)13-12(4)19(18-17-13)14-10(2)7-6-8-11(14)3/h6-8H,5,9H2,1-4H3,(H,16,20). The zero-order chi connectivity index (χ0) is 14.7. The molecule has 5 heteroatoms. The Balaban J connectivity index is 2.41. The average molecular weight is 272 g/mol. The number of hydrogen-bond acceptors (Lipinski definition) is 3. The largest absolute Gasteiger partial charge is 0.351 e. The molecule has 0 radical (unpaired) electrons. The van der Waals surface area contributed by atoms with E-state index in [1.165, 1.54) is 0 Å². The number of para-hydroxylation sites is 1. The lowest BCUT2D eigenvalue weighted by Gasteiger charge is -2.10. The van der Waals surface area contributed by atoms with Gasteiger partial charge in [-0.05, 0) is 38.3 Å². The Hall–Kier alpha value is -2.17. The molecule has 0 spiro atoms. The molecule has 0 saturated carbocycles. The molecule has 0 atom stereocenters. The van der Waals surface area contributed by atoms with Crippen LogP contribution in [0.3, 0.4) is 0 Å². The van der Waals surface area contributed by atoms with Crippen LogP contribution in [0.2, 0.25) is 0 Å². The Bertz CT molecular complexity index is 611. The molecule has 0 fully saturated rings. The SMILES string of the molecule is CCCNC(=O)c1nnn(-c2c(C)cccc2C)c1C. The van der Waals surface area contributed by atoms with Crippen molar-refractivity contribution in [3.05, 3.63) is 40.7 Å². The molecule has 0 aliphatic heterocycles. The number of nitrogens with one attached hydrogen (secondary N) is 1. The summed E-state index contributed by atoms with van der Waals surface area (Å²) >= 11 is 0. The van der Waals surface area contributed by atoms with Crippen molar-refractivity contribution in [2.75, 3.05) is 6.54 Å². The second-order valence-electron chi connectivity index (χ2n) is 4.93. The number of amides is 1. The van der Waals surface area contributed by atoms with Crippen LogP contribution in [0, 0.1) is 20.8 Å². The summed E-state index contributed by atoms with van der Waals surface area (Å²) in [6.07, 6.45) is 0.899. The Kier molecular flexibility index (Phi) is 4.17. The summed E-state index contributed by atoms with van der Waals surface area (Å²) in [5.41, 5.74) is 4.36. The van der Waals surface area contributed by atoms with E-state index in [4.69, 9.17) is 0 Å². The van der Waals surface area contributed by atoms with Gasteiger partial charge in [-0.1, -0.05) is 30.3 Å². The lowest BCUT2D eigenvalue weighted by Crippen LogP contribution is -2.25. The molecule has 0 unspecified atom stereocenters. The van der Waals surface area contributed by atoms with Crippen LogP contribution < -0.4 is 5.32 Å². The second-order valence-corrected chi connectivity index (χ2v) is 4.93. The first-order valence-corrected chi connectivity index (χ1v) is 6.83. The van der Waals surface area contributed by atoms with Crippen LogP contribution in [0.25, 0.3) is 5.69 Å². The van der Waals surface area contributed by atoms with E-state index < -0.39 is 0 Å². The minimum Gasteiger partial charge on any atom is -0.351 e. The first-order chi connectivity index (χ1) is 9.56.